The van der Waals surface area contributed by atoms with Crippen LogP contribution >= 0.6 is 27.3 Å². The van der Waals surface area contributed by atoms with Gasteiger partial charge in [-0.2, -0.15) is 0 Å². The minimum Gasteiger partial charge on any atom is -0.477 e. The van der Waals surface area contributed by atoms with E-state index in [0.717, 1.165) is 11.3 Å². The Morgan fingerprint density at radius 1 is 1.77 bits per heavy atom. The lowest BCUT2D eigenvalue weighted by molar-refractivity contribution is 0.0701. The van der Waals surface area contributed by atoms with E-state index in [0.29, 0.717) is 16.0 Å². The molecule has 1 rings (SSSR count). The number of alkyl halides is 1. The van der Waals surface area contributed by atoms with Crippen LogP contribution in [-0.4, -0.2) is 21.4 Å². The van der Waals surface area contributed by atoms with Gasteiger partial charge < -0.3 is 5.11 Å². The van der Waals surface area contributed by atoms with Crippen molar-refractivity contribution in [1.29, 1.82) is 0 Å². The molecule has 0 aromatic carbocycles. The predicted octanol–water partition coefficient (Wildman–Crippen LogP) is 1.90. The van der Waals surface area contributed by atoms with Crippen molar-refractivity contribution in [2.45, 2.75) is 6.92 Å². The van der Waals surface area contributed by atoms with Crippen molar-refractivity contribution in [3.05, 3.63) is 15.6 Å². The highest BCUT2D eigenvalue weighted by molar-refractivity contribution is 9.09. The predicted molar refractivity (Wildman–Crippen MR) is 54.5 cm³/mol. The molecule has 0 aliphatic heterocycles. The van der Waals surface area contributed by atoms with Gasteiger partial charge in [-0.25, -0.2) is 9.78 Å². The lowest BCUT2D eigenvalue weighted by Gasteiger charge is -1.84. The summed E-state index contributed by atoms with van der Waals surface area (Å²) < 4.78 is 0. The standard InChI is InChI=1S/C8H6BrNO2S/c1-5-7(8(11)12)13-6(10-5)3-2-4-9/h4H2,1H3,(H,11,12). The molecule has 0 fully saturated rings. The SMILES string of the molecule is Cc1nc(C#CCBr)sc1C(=O)O. The summed E-state index contributed by atoms with van der Waals surface area (Å²) in [6, 6.07) is 0. The van der Waals surface area contributed by atoms with Crippen LogP contribution in [0.3, 0.4) is 0 Å². The zero-order valence-corrected chi connectivity index (χ0v) is 9.20. The number of aromatic nitrogens is 1. The zero-order chi connectivity index (χ0) is 9.84. The molecule has 5 heteroatoms. The molecule has 1 N–H and O–H groups in total. The Morgan fingerprint density at radius 3 is 2.92 bits per heavy atom. The summed E-state index contributed by atoms with van der Waals surface area (Å²) in [4.78, 5) is 14.9. The molecule has 68 valence electrons. The zero-order valence-electron chi connectivity index (χ0n) is 6.80. The first-order valence-electron chi connectivity index (χ1n) is 3.40. The average Bonchev–Trinajstić information content (AvgIpc) is 2.43. The molecule has 0 atom stereocenters. The highest BCUT2D eigenvalue weighted by atomic mass is 79.9. The van der Waals surface area contributed by atoms with E-state index in [1.54, 1.807) is 6.92 Å². The summed E-state index contributed by atoms with van der Waals surface area (Å²) in [7, 11) is 0. The molecule has 13 heavy (non-hydrogen) atoms. The molecule has 1 aromatic heterocycles. The maximum Gasteiger partial charge on any atom is 0.347 e. The van der Waals surface area contributed by atoms with Crippen LogP contribution in [0.2, 0.25) is 0 Å². The Balaban J connectivity index is 3.02. The van der Waals surface area contributed by atoms with E-state index in [4.69, 9.17) is 5.11 Å². The van der Waals surface area contributed by atoms with Crippen molar-refractivity contribution in [3.8, 4) is 11.8 Å². The average molecular weight is 260 g/mol. The summed E-state index contributed by atoms with van der Waals surface area (Å²) in [6.07, 6.45) is 0. The van der Waals surface area contributed by atoms with Crippen molar-refractivity contribution in [2.24, 2.45) is 0 Å². The Labute approximate surface area is 87.9 Å². The normalized spacial score (nSPS) is 9.08. The number of aryl methyl sites for hydroxylation is 1. The molecule has 0 unspecified atom stereocenters. The monoisotopic (exact) mass is 259 g/mol. The molecule has 0 radical (unpaired) electrons. The van der Waals surface area contributed by atoms with Crippen LogP contribution in [0.25, 0.3) is 0 Å². The second-order valence-electron chi connectivity index (χ2n) is 2.17. The summed E-state index contributed by atoms with van der Waals surface area (Å²) in [6.45, 7) is 1.67. The van der Waals surface area contributed by atoms with Gasteiger partial charge in [-0.3, -0.25) is 0 Å². The molecular formula is C8H6BrNO2S. The molecule has 0 bridgehead atoms. The van der Waals surface area contributed by atoms with Gasteiger partial charge in [0.1, 0.15) is 4.88 Å². The smallest absolute Gasteiger partial charge is 0.347 e. The van der Waals surface area contributed by atoms with E-state index in [1.165, 1.54) is 0 Å². The van der Waals surface area contributed by atoms with Crippen molar-refractivity contribution in [1.82, 2.24) is 4.98 Å². The second kappa shape index (κ2) is 4.40. The number of rotatable bonds is 1. The van der Waals surface area contributed by atoms with Crippen LogP contribution in [0.5, 0.6) is 0 Å². The van der Waals surface area contributed by atoms with Crippen molar-refractivity contribution < 1.29 is 9.90 Å². The van der Waals surface area contributed by atoms with Gasteiger partial charge in [0.05, 0.1) is 11.0 Å². The van der Waals surface area contributed by atoms with Crippen LogP contribution in [0.15, 0.2) is 0 Å². The van der Waals surface area contributed by atoms with E-state index in [-0.39, 0.29) is 4.88 Å². The number of halogens is 1. The van der Waals surface area contributed by atoms with Crippen molar-refractivity contribution >= 4 is 33.2 Å². The summed E-state index contributed by atoms with van der Waals surface area (Å²) in [5.41, 5.74) is 0.524. The Bertz CT molecular complexity index is 389. The molecule has 0 amide bonds. The van der Waals surface area contributed by atoms with Crippen LogP contribution in [0.4, 0.5) is 0 Å². The Morgan fingerprint density at radius 2 is 2.46 bits per heavy atom. The lowest BCUT2D eigenvalue weighted by Crippen LogP contribution is -1.94. The van der Waals surface area contributed by atoms with E-state index in [2.05, 4.69) is 32.8 Å². The van der Waals surface area contributed by atoms with Gasteiger partial charge in [0.15, 0.2) is 5.01 Å². The highest BCUT2D eigenvalue weighted by Crippen LogP contribution is 2.16. The fraction of sp³-hybridized carbons (Fsp3) is 0.250. The van der Waals surface area contributed by atoms with E-state index >= 15 is 0 Å². The van der Waals surface area contributed by atoms with Gasteiger partial charge in [0.25, 0.3) is 0 Å². The van der Waals surface area contributed by atoms with Crippen LogP contribution < -0.4 is 0 Å². The van der Waals surface area contributed by atoms with Crippen LogP contribution in [-0.2, 0) is 0 Å². The molecule has 1 heterocycles. The molecule has 0 spiro atoms. The molecule has 0 saturated carbocycles. The van der Waals surface area contributed by atoms with Gasteiger partial charge in [-0.05, 0) is 12.8 Å². The maximum atomic E-state index is 10.6. The molecule has 0 aliphatic rings. The summed E-state index contributed by atoms with van der Waals surface area (Å²) in [5.74, 6) is 4.58. The lowest BCUT2D eigenvalue weighted by atomic mass is 10.4. The van der Waals surface area contributed by atoms with Gasteiger partial charge in [0, 0.05) is 0 Å². The fourth-order valence-corrected chi connectivity index (χ4v) is 1.68. The number of hydrogen-bond acceptors (Lipinski definition) is 3. The minimum atomic E-state index is -0.943. The number of carbonyl (C=O) groups is 1. The number of nitrogens with zero attached hydrogens (tertiary/aromatic N) is 1. The van der Waals surface area contributed by atoms with Crippen molar-refractivity contribution in [3.63, 3.8) is 0 Å². The van der Waals surface area contributed by atoms with Crippen LogP contribution in [0, 0.1) is 18.8 Å². The summed E-state index contributed by atoms with van der Waals surface area (Å²) >= 11 is 4.25. The molecule has 0 aliphatic carbocycles. The number of carboxylic acids is 1. The third-order valence-electron chi connectivity index (χ3n) is 1.25. The number of hydrogen-bond donors (Lipinski definition) is 1. The van der Waals surface area contributed by atoms with E-state index in [1.807, 2.05) is 0 Å². The molecular weight excluding hydrogens is 254 g/mol. The third kappa shape index (κ3) is 2.54. The van der Waals surface area contributed by atoms with Crippen molar-refractivity contribution in [2.75, 3.05) is 5.33 Å². The maximum absolute atomic E-state index is 10.6. The molecule has 0 saturated heterocycles. The number of thiazole rings is 1. The quantitative estimate of drug-likeness (QED) is 0.619. The molecule has 1 aromatic rings. The Hall–Kier alpha value is -0.860. The fourth-order valence-electron chi connectivity index (χ4n) is 0.757. The largest absolute Gasteiger partial charge is 0.477 e. The van der Waals surface area contributed by atoms with E-state index in [9.17, 15) is 4.79 Å². The van der Waals surface area contributed by atoms with Gasteiger partial charge in [-0.1, -0.05) is 33.2 Å². The number of aromatic carboxylic acids is 1. The second-order valence-corrected chi connectivity index (χ2v) is 3.73. The molecule has 3 nitrogen and oxygen atoms in total. The van der Waals surface area contributed by atoms with Gasteiger partial charge >= 0.3 is 5.97 Å². The van der Waals surface area contributed by atoms with Gasteiger partial charge in [0.2, 0.25) is 0 Å². The first kappa shape index (κ1) is 10.2. The van der Waals surface area contributed by atoms with E-state index < -0.39 is 5.97 Å². The Kier molecular flexibility index (Phi) is 3.46. The minimum absolute atomic E-state index is 0.263. The third-order valence-corrected chi connectivity index (χ3v) is 2.59. The van der Waals surface area contributed by atoms with Gasteiger partial charge in [-0.15, -0.1) is 0 Å². The highest BCUT2D eigenvalue weighted by Gasteiger charge is 2.12. The first-order valence-corrected chi connectivity index (χ1v) is 5.34. The number of carboxylic acid groups (broad SMARTS) is 1. The summed E-state index contributed by atoms with van der Waals surface area (Å²) in [5, 5.41) is 9.83. The first-order chi connectivity index (χ1) is 6.15. The topological polar surface area (TPSA) is 50.2 Å². The van der Waals surface area contributed by atoms with Crippen LogP contribution in [0.1, 0.15) is 20.4 Å².